The summed E-state index contributed by atoms with van der Waals surface area (Å²) in [6.45, 7) is 4.11. The van der Waals surface area contributed by atoms with Gasteiger partial charge in [-0.2, -0.15) is 0 Å². The normalized spacial score (nSPS) is 14.7. The molecule has 0 unspecified atom stereocenters. The summed E-state index contributed by atoms with van der Waals surface area (Å²) in [7, 11) is 0. The van der Waals surface area contributed by atoms with Crippen LogP contribution in [0.4, 0.5) is 10.1 Å². The van der Waals surface area contributed by atoms with Crippen molar-refractivity contribution in [2.45, 2.75) is 6.92 Å². The Kier molecular flexibility index (Phi) is 4.19. The number of aryl methyl sites for hydroxylation is 1. The monoisotopic (exact) mass is 389 g/mol. The van der Waals surface area contributed by atoms with Gasteiger partial charge in [0.15, 0.2) is 5.76 Å². The van der Waals surface area contributed by atoms with E-state index in [1.54, 1.807) is 23.1 Å². The summed E-state index contributed by atoms with van der Waals surface area (Å²) in [6.07, 6.45) is 0. The van der Waals surface area contributed by atoms with Crippen molar-refractivity contribution in [2.24, 2.45) is 0 Å². The van der Waals surface area contributed by atoms with E-state index in [0.29, 0.717) is 43.2 Å². The lowest BCUT2D eigenvalue weighted by Crippen LogP contribution is -2.49. The number of halogens is 1. The first kappa shape index (κ1) is 17.7. The fourth-order valence-electron chi connectivity index (χ4n) is 3.98. The number of hydrogen-bond acceptors (Lipinski definition) is 4. The Morgan fingerprint density at radius 1 is 1.00 bits per heavy atom. The number of amides is 1. The zero-order valence-corrected chi connectivity index (χ0v) is 16.1. The topological polar surface area (TPSA) is 49.6 Å². The van der Waals surface area contributed by atoms with Crippen LogP contribution in [0.3, 0.4) is 0 Å². The third-order valence-electron chi connectivity index (χ3n) is 5.53. The van der Waals surface area contributed by atoms with E-state index < -0.39 is 0 Å². The molecule has 0 radical (unpaired) electrons. The van der Waals surface area contributed by atoms with E-state index >= 15 is 0 Å². The minimum absolute atomic E-state index is 0.141. The van der Waals surface area contributed by atoms with E-state index in [4.69, 9.17) is 4.42 Å². The van der Waals surface area contributed by atoms with Crippen LogP contribution < -0.4 is 4.90 Å². The second kappa shape index (κ2) is 6.88. The molecule has 0 atom stereocenters. The second-order valence-electron chi connectivity index (χ2n) is 7.30. The lowest BCUT2D eigenvalue weighted by atomic mass is 10.1. The van der Waals surface area contributed by atoms with Crippen LogP contribution in [-0.4, -0.2) is 42.0 Å². The Bertz CT molecular complexity index is 1230. The average Bonchev–Trinajstić information content (AvgIpc) is 3.20. The number of pyridine rings is 1. The highest BCUT2D eigenvalue weighted by atomic mass is 19.1. The van der Waals surface area contributed by atoms with Gasteiger partial charge in [0.25, 0.3) is 5.91 Å². The molecular formula is C23H20FN3O2. The minimum atomic E-state index is -0.237. The average molecular weight is 389 g/mol. The number of anilines is 1. The van der Waals surface area contributed by atoms with Gasteiger partial charge in [-0.1, -0.05) is 24.3 Å². The Morgan fingerprint density at radius 3 is 2.52 bits per heavy atom. The summed E-state index contributed by atoms with van der Waals surface area (Å²) in [4.78, 5) is 21.4. The molecule has 6 heteroatoms. The van der Waals surface area contributed by atoms with Gasteiger partial charge in [0.1, 0.15) is 11.4 Å². The minimum Gasteiger partial charge on any atom is -0.450 e. The molecule has 2 aromatic heterocycles. The van der Waals surface area contributed by atoms with Crippen molar-refractivity contribution in [3.8, 4) is 0 Å². The molecule has 4 aromatic rings. The molecule has 3 heterocycles. The van der Waals surface area contributed by atoms with E-state index in [0.717, 1.165) is 22.0 Å². The molecule has 0 spiro atoms. The van der Waals surface area contributed by atoms with Gasteiger partial charge in [-0.3, -0.25) is 9.78 Å². The lowest BCUT2D eigenvalue weighted by molar-refractivity contribution is 0.0717. The molecule has 0 aliphatic carbocycles. The number of carbonyl (C=O) groups excluding carboxylic acids is 1. The summed E-state index contributed by atoms with van der Waals surface area (Å²) in [5, 5.41) is 1.76. The SMILES string of the molecule is Cc1nc2ccccc2c2oc(C(=O)N3CCN(c4ccccc4F)CC3)cc12. The van der Waals surface area contributed by atoms with Crippen molar-refractivity contribution < 1.29 is 13.6 Å². The molecule has 1 amide bonds. The first-order chi connectivity index (χ1) is 14.1. The van der Waals surface area contributed by atoms with Crippen LogP contribution in [0.5, 0.6) is 0 Å². The molecule has 146 valence electrons. The Hall–Kier alpha value is -3.41. The highest BCUT2D eigenvalue weighted by Gasteiger charge is 2.26. The summed E-state index contributed by atoms with van der Waals surface area (Å²) >= 11 is 0. The number of furan rings is 1. The Labute approximate surface area is 167 Å². The van der Waals surface area contributed by atoms with Gasteiger partial charge in [0, 0.05) is 42.6 Å². The quantitative estimate of drug-likeness (QED) is 0.510. The summed E-state index contributed by atoms with van der Waals surface area (Å²) in [5.41, 5.74) is 2.97. The van der Waals surface area contributed by atoms with E-state index in [2.05, 4.69) is 4.98 Å². The fourth-order valence-corrected chi connectivity index (χ4v) is 3.98. The van der Waals surface area contributed by atoms with Crippen LogP contribution in [-0.2, 0) is 0 Å². The molecule has 0 saturated carbocycles. The zero-order chi connectivity index (χ0) is 20.0. The Morgan fingerprint density at radius 2 is 1.72 bits per heavy atom. The Balaban J connectivity index is 1.40. The fraction of sp³-hybridized carbons (Fsp3) is 0.217. The van der Waals surface area contributed by atoms with E-state index in [1.807, 2.05) is 42.2 Å². The number of piperazine rings is 1. The molecule has 1 saturated heterocycles. The predicted octanol–water partition coefficient (Wildman–Crippen LogP) is 4.39. The number of nitrogens with zero attached hydrogens (tertiary/aromatic N) is 3. The number of rotatable bonds is 2. The number of para-hydroxylation sites is 2. The smallest absolute Gasteiger partial charge is 0.289 e. The summed E-state index contributed by atoms with van der Waals surface area (Å²) in [6, 6.07) is 16.3. The highest BCUT2D eigenvalue weighted by molar-refractivity contribution is 6.06. The second-order valence-corrected chi connectivity index (χ2v) is 7.30. The van der Waals surface area contributed by atoms with E-state index in [-0.39, 0.29) is 11.7 Å². The van der Waals surface area contributed by atoms with Crippen LogP contribution in [0.25, 0.3) is 21.9 Å². The first-order valence-electron chi connectivity index (χ1n) is 9.69. The summed E-state index contributed by atoms with van der Waals surface area (Å²) < 4.78 is 20.0. The van der Waals surface area contributed by atoms with Crippen molar-refractivity contribution in [1.82, 2.24) is 9.88 Å². The zero-order valence-electron chi connectivity index (χ0n) is 16.1. The third kappa shape index (κ3) is 3.01. The highest BCUT2D eigenvalue weighted by Crippen LogP contribution is 2.30. The van der Waals surface area contributed by atoms with Crippen molar-refractivity contribution in [3.63, 3.8) is 0 Å². The number of hydrogen-bond donors (Lipinski definition) is 0. The van der Waals surface area contributed by atoms with Crippen LogP contribution in [0.15, 0.2) is 59.0 Å². The van der Waals surface area contributed by atoms with Gasteiger partial charge < -0.3 is 14.2 Å². The van der Waals surface area contributed by atoms with Crippen LogP contribution in [0.1, 0.15) is 16.2 Å². The van der Waals surface area contributed by atoms with E-state index in [9.17, 15) is 9.18 Å². The molecule has 1 aliphatic rings. The third-order valence-corrected chi connectivity index (χ3v) is 5.53. The number of fused-ring (bicyclic) bond motifs is 3. The van der Waals surface area contributed by atoms with Gasteiger partial charge in [-0.15, -0.1) is 0 Å². The van der Waals surface area contributed by atoms with Crippen molar-refractivity contribution in [3.05, 3.63) is 71.9 Å². The van der Waals surface area contributed by atoms with Crippen LogP contribution >= 0.6 is 0 Å². The van der Waals surface area contributed by atoms with E-state index in [1.165, 1.54) is 6.07 Å². The summed E-state index contributed by atoms with van der Waals surface area (Å²) in [5.74, 6) is -0.0575. The molecule has 0 N–H and O–H groups in total. The number of aromatic nitrogens is 1. The largest absolute Gasteiger partial charge is 0.450 e. The first-order valence-corrected chi connectivity index (χ1v) is 9.69. The van der Waals surface area contributed by atoms with Crippen molar-refractivity contribution in [1.29, 1.82) is 0 Å². The molecule has 0 bridgehead atoms. The predicted molar refractivity (Wildman–Crippen MR) is 111 cm³/mol. The number of benzene rings is 2. The van der Waals surface area contributed by atoms with Crippen LogP contribution in [0.2, 0.25) is 0 Å². The lowest BCUT2D eigenvalue weighted by Gasteiger charge is -2.35. The van der Waals surface area contributed by atoms with Gasteiger partial charge in [0.2, 0.25) is 0 Å². The maximum atomic E-state index is 14.0. The standard InChI is InChI=1S/C23H20FN3O2/c1-15-17-14-21(29-22(17)16-6-2-4-8-19(16)25-15)23(28)27-12-10-26(11-13-27)20-9-5-3-7-18(20)24/h2-9,14H,10-13H2,1H3. The molecule has 1 fully saturated rings. The molecular weight excluding hydrogens is 369 g/mol. The molecule has 2 aromatic carbocycles. The molecule has 1 aliphatic heterocycles. The maximum Gasteiger partial charge on any atom is 0.289 e. The van der Waals surface area contributed by atoms with Crippen molar-refractivity contribution >= 4 is 33.5 Å². The number of carbonyl (C=O) groups is 1. The van der Waals surface area contributed by atoms with Gasteiger partial charge >= 0.3 is 0 Å². The van der Waals surface area contributed by atoms with Gasteiger partial charge in [-0.25, -0.2) is 4.39 Å². The van der Waals surface area contributed by atoms with Crippen LogP contribution in [0, 0.1) is 12.7 Å². The molecule has 5 rings (SSSR count). The molecule has 5 nitrogen and oxygen atoms in total. The van der Waals surface area contributed by atoms with Crippen molar-refractivity contribution in [2.75, 3.05) is 31.1 Å². The maximum absolute atomic E-state index is 14.0. The molecule has 29 heavy (non-hydrogen) atoms. The van der Waals surface area contributed by atoms with Gasteiger partial charge in [0.05, 0.1) is 11.2 Å². The van der Waals surface area contributed by atoms with Gasteiger partial charge in [-0.05, 0) is 37.3 Å².